The van der Waals surface area contributed by atoms with Gasteiger partial charge in [-0.15, -0.1) is 0 Å². The smallest absolute Gasteiger partial charge is 0.159 e. The summed E-state index contributed by atoms with van der Waals surface area (Å²) >= 11 is 0. The number of benzene rings is 7. The number of furan rings is 1. The van der Waals surface area contributed by atoms with Crippen LogP contribution in [0.2, 0.25) is 0 Å². The van der Waals surface area contributed by atoms with Crippen molar-refractivity contribution in [3.05, 3.63) is 176 Å². The fourth-order valence-corrected chi connectivity index (χ4v) is 6.07. The Labute approximate surface area is 257 Å². The van der Waals surface area contributed by atoms with E-state index in [1.807, 2.05) is 0 Å². The Morgan fingerprint density at radius 3 is 1.41 bits per heavy atom. The molecule has 0 saturated heterocycles. The first-order valence-corrected chi connectivity index (χ1v) is 14.9. The van der Waals surface area contributed by atoms with Crippen molar-refractivity contribution >= 4 is 39.0 Å². The molecule has 2 nitrogen and oxygen atoms in total. The highest BCUT2D eigenvalue weighted by molar-refractivity contribution is 6.13. The third-order valence-electron chi connectivity index (χ3n) is 8.25. The summed E-state index contributed by atoms with van der Waals surface area (Å²) in [6.07, 6.45) is 0. The van der Waals surface area contributed by atoms with Crippen molar-refractivity contribution in [2.75, 3.05) is 4.90 Å². The summed E-state index contributed by atoms with van der Waals surface area (Å²) in [7, 11) is 0. The maximum Gasteiger partial charge on any atom is 0.159 e. The molecule has 0 N–H and O–H groups in total. The number of fused-ring (bicyclic) bond motifs is 3. The number of hydrogen-bond acceptors (Lipinski definition) is 2. The molecular weight excluding hydrogens is 534 g/mol. The van der Waals surface area contributed by atoms with Crippen molar-refractivity contribution in [2.45, 2.75) is 0 Å². The van der Waals surface area contributed by atoms with Gasteiger partial charge in [-0.2, -0.15) is 0 Å². The van der Waals surface area contributed by atoms with Crippen LogP contribution in [0.1, 0.15) is 0 Å². The molecule has 7 aromatic carbocycles. The highest BCUT2D eigenvalue weighted by Crippen LogP contribution is 2.45. The van der Waals surface area contributed by atoms with E-state index in [4.69, 9.17) is 4.42 Å². The SMILES string of the molecule is c1ccc(-c2ccc(N(c3ccccc3)c3cc(-c4ccccc4)cc4c3oc3ccc(-c5ccccc5)cc34)cc2)cc1. The van der Waals surface area contributed by atoms with Gasteiger partial charge in [-0.25, -0.2) is 0 Å². The minimum absolute atomic E-state index is 0.862. The molecule has 208 valence electrons. The lowest BCUT2D eigenvalue weighted by atomic mass is 9.98. The van der Waals surface area contributed by atoms with Crippen LogP contribution in [0.25, 0.3) is 55.3 Å². The number of nitrogens with zero attached hydrogens (tertiary/aromatic N) is 1. The quantitative estimate of drug-likeness (QED) is 0.200. The molecule has 0 aliphatic carbocycles. The Kier molecular flexibility index (Phi) is 6.51. The molecule has 0 aliphatic rings. The summed E-state index contributed by atoms with van der Waals surface area (Å²) in [5.41, 5.74) is 11.9. The number of para-hydroxylation sites is 1. The van der Waals surface area contributed by atoms with Crippen LogP contribution >= 0.6 is 0 Å². The standard InChI is InChI=1S/C42H29NO/c1-5-13-30(14-6-1)33-21-24-37(25-22-33)43(36-19-11-4-12-20-36)40-29-35(32-17-9-3-10-18-32)28-39-38-27-34(31-15-7-2-8-16-31)23-26-41(38)44-42(39)40/h1-29H. The number of anilines is 3. The van der Waals surface area contributed by atoms with E-state index in [1.165, 1.54) is 22.3 Å². The van der Waals surface area contributed by atoms with E-state index in [1.54, 1.807) is 0 Å². The van der Waals surface area contributed by atoms with Crippen molar-refractivity contribution in [3.63, 3.8) is 0 Å². The molecule has 0 spiro atoms. The van der Waals surface area contributed by atoms with Crippen molar-refractivity contribution in [3.8, 4) is 33.4 Å². The van der Waals surface area contributed by atoms with Gasteiger partial charge in [-0.05, 0) is 81.9 Å². The maximum absolute atomic E-state index is 6.74. The molecule has 8 rings (SSSR count). The zero-order valence-corrected chi connectivity index (χ0v) is 24.1. The average Bonchev–Trinajstić information content (AvgIpc) is 3.48. The van der Waals surface area contributed by atoms with Crippen LogP contribution in [0.5, 0.6) is 0 Å². The minimum atomic E-state index is 0.862. The van der Waals surface area contributed by atoms with Crippen LogP contribution < -0.4 is 4.90 Å². The minimum Gasteiger partial charge on any atom is -0.454 e. The van der Waals surface area contributed by atoms with E-state index in [9.17, 15) is 0 Å². The van der Waals surface area contributed by atoms with E-state index in [-0.39, 0.29) is 0 Å². The molecule has 0 bridgehead atoms. The molecule has 1 aromatic heterocycles. The highest BCUT2D eigenvalue weighted by atomic mass is 16.3. The normalized spacial score (nSPS) is 11.2. The van der Waals surface area contributed by atoms with Crippen molar-refractivity contribution < 1.29 is 4.42 Å². The van der Waals surface area contributed by atoms with Gasteiger partial charge in [0, 0.05) is 22.1 Å². The maximum atomic E-state index is 6.74. The van der Waals surface area contributed by atoms with Crippen LogP contribution in [0.15, 0.2) is 180 Å². The Balaban J connectivity index is 1.38. The summed E-state index contributed by atoms with van der Waals surface area (Å²) in [4.78, 5) is 2.31. The molecule has 0 amide bonds. The van der Waals surface area contributed by atoms with Crippen LogP contribution in [0.4, 0.5) is 17.1 Å². The Bertz CT molecular complexity index is 2180. The van der Waals surface area contributed by atoms with Gasteiger partial charge >= 0.3 is 0 Å². The second-order valence-electron chi connectivity index (χ2n) is 11.0. The fraction of sp³-hybridized carbons (Fsp3) is 0. The predicted octanol–water partition coefficient (Wildman–Crippen LogP) is 12.1. The van der Waals surface area contributed by atoms with E-state index in [0.29, 0.717) is 0 Å². The largest absolute Gasteiger partial charge is 0.454 e. The molecule has 0 radical (unpaired) electrons. The zero-order valence-electron chi connectivity index (χ0n) is 24.1. The molecule has 44 heavy (non-hydrogen) atoms. The molecule has 2 heteroatoms. The van der Waals surface area contributed by atoms with Crippen molar-refractivity contribution in [1.29, 1.82) is 0 Å². The molecule has 0 aliphatic heterocycles. The zero-order chi connectivity index (χ0) is 29.3. The summed E-state index contributed by atoms with van der Waals surface area (Å²) in [5, 5.41) is 2.20. The van der Waals surface area contributed by atoms with Gasteiger partial charge in [-0.1, -0.05) is 127 Å². The van der Waals surface area contributed by atoms with Crippen LogP contribution in [0.3, 0.4) is 0 Å². The monoisotopic (exact) mass is 563 g/mol. The molecule has 0 unspecified atom stereocenters. The summed E-state index contributed by atoms with van der Waals surface area (Å²) < 4.78 is 6.74. The molecule has 0 atom stereocenters. The Morgan fingerprint density at radius 1 is 0.341 bits per heavy atom. The highest BCUT2D eigenvalue weighted by Gasteiger charge is 2.21. The predicted molar refractivity (Wildman–Crippen MR) is 185 cm³/mol. The first-order chi connectivity index (χ1) is 21.8. The first kappa shape index (κ1) is 25.8. The third-order valence-corrected chi connectivity index (χ3v) is 8.25. The van der Waals surface area contributed by atoms with E-state index < -0.39 is 0 Å². The summed E-state index contributed by atoms with van der Waals surface area (Å²) in [6.45, 7) is 0. The van der Waals surface area contributed by atoms with Gasteiger partial charge in [0.15, 0.2) is 5.58 Å². The fourth-order valence-electron chi connectivity index (χ4n) is 6.07. The molecular formula is C42H29NO. The van der Waals surface area contributed by atoms with E-state index >= 15 is 0 Å². The second-order valence-corrected chi connectivity index (χ2v) is 11.0. The van der Waals surface area contributed by atoms with Gasteiger partial charge in [0.2, 0.25) is 0 Å². The van der Waals surface area contributed by atoms with Gasteiger partial charge in [-0.3, -0.25) is 0 Å². The van der Waals surface area contributed by atoms with Gasteiger partial charge < -0.3 is 9.32 Å². The number of rotatable bonds is 6. The topological polar surface area (TPSA) is 16.4 Å². The average molecular weight is 564 g/mol. The van der Waals surface area contributed by atoms with E-state index in [2.05, 4.69) is 181 Å². The lowest BCUT2D eigenvalue weighted by molar-refractivity contribution is 0.669. The Morgan fingerprint density at radius 2 is 0.795 bits per heavy atom. The van der Waals surface area contributed by atoms with Gasteiger partial charge in [0.25, 0.3) is 0 Å². The lowest BCUT2D eigenvalue weighted by Gasteiger charge is -2.26. The first-order valence-electron chi connectivity index (χ1n) is 14.9. The van der Waals surface area contributed by atoms with Crippen molar-refractivity contribution in [1.82, 2.24) is 0 Å². The second kappa shape index (κ2) is 11.1. The summed E-state index contributed by atoms with van der Waals surface area (Å²) in [6, 6.07) is 62.0. The number of hydrogen-bond donors (Lipinski definition) is 0. The summed E-state index contributed by atoms with van der Waals surface area (Å²) in [5.74, 6) is 0. The molecule has 0 fully saturated rings. The van der Waals surface area contributed by atoms with E-state index in [0.717, 1.165) is 50.1 Å². The Hall–Kier alpha value is -5.86. The van der Waals surface area contributed by atoms with Gasteiger partial charge in [0.1, 0.15) is 5.58 Å². The third kappa shape index (κ3) is 4.73. The molecule has 1 heterocycles. The van der Waals surface area contributed by atoms with Crippen LogP contribution in [-0.4, -0.2) is 0 Å². The van der Waals surface area contributed by atoms with Gasteiger partial charge in [0.05, 0.1) is 5.69 Å². The van der Waals surface area contributed by atoms with Crippen molar-refractivity contribution in [2.24, 2.45) is 0 Å². The van der Waals surface area contributed by atoms with Crippen LogP contribution in [0, 0.1) is 0 Å². The van der Waals surface area contributed by atoms with Crippen LogP contribution in [-0.2, 0) is 0 Å². The molecule has 8 aromatic rings. The molecule has 0 saturated carbocycles. The lowest BCUT2D eigenvalue weighted by Crippen LogP contribution is -2.10.